The number of hydrogen-bond acceptors (Lipinski definition) is 7. The number of hydrogen-bond donors (Lipinski definition) is 1. The summed E-state index contributed by atoms with van der Waals surface area (Å²) in [6.45, 7) is 8.36. The molecule has 3 aromatic heterocycles. The van der Waals surface area contributed by atoms with Gasteiger partial charge in [-0.3, -0.25) is 14.4 Å². The lowest BCUT2D eigenvalue weighted by Gasteiger charge is -2.38. The minimum Gasteiger partial charge on any atom is -0.379 e. The van der Waals surface area contributed by atoms with Gasteiger partial charge in [-0.1, -0.05) is 19.1 Å². The van der Waals surface area contributed by atoms with Crippen LogP contribution in [0.2, 0.25) is 0 Å². The maximum Gasteiger partial charge on any atom is 0.257 e. The SMILES string of the molecule is CC1CN(c2cc(C(=O)Nc3cc4cc(-c5cnn(C)c5CN5CCOCC5)ccc4cn3)ccn2)C1. The van der Waals surface area contributed by atoms with E-state index in [1.807, 2.05) is 30.1 Å². The van der Waals surface area contributed by atoms with Gasteiger partial charge in [-0.15, -0.1) is 0 Å². The minimum atomic E-state index is -0.194. The molecule has 1 N–H and O–H groups in total. The normalized spacial score (nSPS) is 16.6. The number of aryl methyl sites for hydroxylation is 1. The topological polar surface area (TPSA) is 88.4 Å². The Morgan fingerprint density at radius 3 is 2.70 bits per heavy atom. The molecule has 0 aliphatic carbocycles. The van der Waals surface area contributed by atoms with Crippen LogP contribution in [0.15, 0.2) is 55.0 Å². The van der Waals surface area contributed by atoms with Crippen molar-refractivity contribution in [1.82, 2.24) is 24.6 Å². The molecule has 2 aliphatic heterocycles. The summed E-state index contributed by atoms with van der Waals surface area (Å²) in [5, 5.41) is 9.52. The van der Waals surface area contributed by atoms with Crippen LogP contribution in [0.3, 0.4) is 0 Å². The molecule has 5 heterocycles. The van der Waals surface area contributed by atoms with Gasteiger partial charge in [-0.05, 0) is 41.1 Å². The van der Waals surface area contributed by atoms with Crippen LogP contribution < -0.4 is 10.2 Å². The van der Waals surface area contributed by atoms with Crippen molar-refractivity contribution in [2.45, 2.75) is 13.5 Å². The number of benzene rings is 1. The molecule has 2 saturated heterocycles. The molecular weight excluding hydrogens is 466 g/mol. The number of rotatable bonds is 6. The molecule has 0 unspecified atom stereocenters. The molecule has 6 rings (SSSR count). The molecule has 190 valence electrons. The number of aromatic nitrogens is 4. The lowest BCUT2D eigenvalue weighted by Crippen LogP contribution is -2.45. The molecule has 0 bridgehead atoms. The van der Waals surface area contributed by atoms with Gasteiger partial charge in [0, 0.05) is 68.7 Å². The van der Waals surface area contributed by atoms with Gasteiger partial charge < -0.3 is 15.0 Å². The summed E-state index contributed by atoms with van der Waals surface area (Å²) in [5.74, 6) is 1.82. The van der Waals surface area contributed by atoms with E-state index in [2.05, 4.69) is 55.3 Å². The average Bonchev–Trinajstić information content (AvgIpc) is 3.26. The maximum absolute atomic E-state index is 13.0. The molecule has 0 atom stereocenters. The van der Waals surface area contributed by atoms with E-state index >= 15 is 0 Å². The third-order valence-electron chi connectivity index (χ3n) is 7.21. The van der Waals surface area contributed by atoms with Crippen molar-refractivity contribution in [2.24, 2.45) is 13.0 Å². The van der Waals surface area contributed by atoms with Gasteiger partial charge >= 0.3 is 0 Å². The first-order valence-corrected chi connectivity index (χ1v) is 12.8. The Labute approximate surface area is 216 Å². The van der Waals surface area contributed by atoms with E-state index in [-0.39, 0.29) is 5.91 Å². The van der Waals surface area contributed by atoms with Gasteiger partial charge in [-0.25, -0.2) is 9.97 Å². The first-order chi connectivity index (χ1) is 18.0. The Kier molecular flexibility index (Phi) is 6.31. The predicted octanol–water partition coefficient (Wildman–Crippen LogP) is 3.57. The van der Waals surface area contributed by atoms with E-state index in [0.717, 1.165) is 73.7 Å². The van der Waals surface area contributed by atoms with E-state index < -0.39 is 0 Å². The summed E-state index contributed by atoms with van der Waals surface area (Å²) in [6, 6.07) is 11.8. The van der Waals surface area contributed by atoms with E-state index in [9.17, 15) is 4.79 Å². The molecule has 9 nitrogen and oxygen atoms in total. The smallest absolute Gasteiger partial charge is 0.257 e. The molecule has 0 spiro atoms. The number of ether oxygens (including phenoxy) is 1. The predicted molar refractivity (Wildman–Crippen MR) is 144 cm³/mol. The van der Waals surface area contributed by atoms with Crippen LogP contribution in [0.4, 0.5) is 11.6 Å². The van der Waals surface area contributed by atoms with Crippen molar-refractivity contribution in [3.8, 4) is 11.1 Å². The maximum atomic E-state index is 13.0. The molecule has 1 amide bonds. The van der Waals surface area contributed by atoms with Crippen LogP contribution in [0.5, 0.6) is 0 Å². The molecule has 4 aromatic rings. The number of morpholine rings is 1. The average molecular weight is 498 g/mol. The van der Waals surface area contributed by atoms with Gasteiger partial charge in [0.15, 0.2) is 0 Å². The second-order valence-corrected chi connectivity index (χ2v) is 10.0. The zero-order valence-electron chi connectivity index (χ0n) is 21.2. The molecule has 0 saturated carbocycles. The molecule has 2 fully saturated rings. The Morgan fingerprint density at radius 1 is 1.05 bits per heavy atom. The fourth-order valence-electron chi connectivity index (χ4n) is 5.05. The summed E-state index contributed by atoms with van der Waals surface area (Å²) in [4.78, 5) is 26.5. The van der Waals surface area contributed by atoms with Crippen molar-refractivity contribution in [1.29, 1.82) is 0 Å². The van der Waals surface area contributed by atoms with Crippen LogP contribution in [-0.2, 0) is 18.3 Å². The zero-order valence-corrected chi connectivity index (χ0v) is 21.2. The quantitative estimate of drug-likeness (QED) is 0.436. The third-order valence-corrected chi connectivity index (χ3v) is 7.21. The molecule has 2 aliphatic rings. The Bertz CT molecular complexity index is 1440. The summed E-state index contributed by atoms with van der Waals surface area (Å²) in [6.07, 6.45) is 5.42. The highest BCUT2D eigenvalue weighted by Crippen LogP contribution is 2.29. The number of carbonyl (C=O) groups excluding carboxylic acids is 1. The Balaban J connectivity index is 1.23. The van der Waals surface area contributed by atoms with Crippen molar-refractivity contribution in [2.75, 3.05) is 49.6 Å². The molecular formula is C28H31N7O2. The van der Waals surface area contributed by atoms with Crippen LogP contribution in [0.25, 0.3) is 21.9 Å². The van der Waals surface area contributed by atoms with E-state index in [4.69, 9.17) is 4.74 Å². The number of anilines is 2. The highest BCUT2D eigenvalue weighted by molar-refractivity contribution is 6.05. The van der Waals surface area contributed by atoms with Crippen molar-refractivity contribution in [3.05, 3.63) is 66.2 Å². The van der Waals surface area contributed by atoms with E-state index in [1.165, 1.54) is 5.69 Å². The second kappa shape index (κ2) is 9.91. The number of amides is 1. The highest BCUT2D eigenvalue weighted by Gasteiger charge is 2.24. The van der Waals surface area contributed by atoms with E-state index in [1.54, 1.807) is 18.5 Å². The third kappa shape index (κ3) is 4.92. The van der Waals surface area contributed by atoms with Gasteiger partial charge in [0.2, 0.25) is 0 Å². The largest absolute Gasteiger partial charge is 0.379 e. The summed E-state index contributed by atoms with van der Waals surface area (Å²) >= 11 is 0. The summed E-state index contributed by atoms with van der Waals surface area (Å²) < 4.78 is 7.46. The number of nitrogens with one attached hydrogen (secondary N) is 1. The number of pyridine rings is 2. The van der Waals surface area contributed by atoms with Crippen molar-refractivity contribution < 1.29 is 9.53 Å². The fourth-order valence-corrected chi connectivity index (χ4v) is 5.05. The summed E-state index contributed by atoms with van der Waals surface area (Å²) in [7, 11) is 1.99. The van der Waals surface area contributed by atoms with Crippen LogP contribution in [0.1, 0.15) is 23.0 Å². The fraction of sp³-hybridized carbons (Fsp3) is 0.357. The number of fused-ring (bicyclic) bond motifs is 1. The Morgan fingerprint density at radius 2 is 1.89 bits per heavy atom. The second-order valence-electron chi connectivity index (χ2n) is 10.0. The van der Waals surface area contributed by atoms with Gasteiger partial charge in [0.1, 0.15) is 11.6 Å². The summed E-state index contributed by atoms with van der Waals surface area (Å²) in [5.41, 5.74) is 3.95. The first-order valence-electron chi connectivity index (χ1n) is 12.8. The van der Waals surface area contributed by atoms with Gasteiger partial charge in [0.05, 0.1) is 25.1 Å². The van der Waals surface area contributed by atoms with Crippen LogP contribution >= 0.6 is 0 Å². The Hall–Kier alpha value is -3.82. The van der Waals surface area contributed by atoms with Crippen LogP contribution in [0, 0.1) is 5.92 Å². The molecule has 0 radical (unpaired) electrons. The molecule has 9 heteroatoms. The van der Waals surface area contributed by atoms with Gasteiger partial charge in [0.25, 0.3) is 5.91 Å². The number of nitrogens with zero attached hydrogens (tertiary/aromatic N) is 6. The van der Waals surface area contributed by atoms with Crippen molar-refractivity contribution >= 4 is 28.3 Å². The lowest BCUT2D eigenvalue weighted by atomic mass is 10.0. The highest BCUT2D eigenvalue weighted by atomic mass is 16.5. The van der Waals surface area contributed by atoms with Crippen LogP contribution in [-0.4, -0.2) is 69.9 Å². The van der Waals surface area contributed by atoms with Gasteiger partial charge in [-0.2, -0.15) is 5.10 Å². The standard InChI is InChI=1S/C28H31N7O2/c1-19-16-35(17-19)27-13-21(5-6-29-27)28(36)32-26-12-23-11-20(3-4-22(23)14-30-26)24-15-31-33(2)25(24)18-34-7-9-37-10-8-34/h3-6,11-15,19H,7-10,16-18H2,1-2H3,(H,30,32,36). The van der Waals surface area contributed by atoms with Crippen molar-refractivity contribution in [3.63, 3.8) is 0 Å². The first kappa shape index (κ1) is 23.6. The lowest BCUT2D eigenvalue weighted by molar-refractivity contribution is 0.0332. The van der Waals surface area contributed by atoms with E-state index in [0.29, 0.717) is 17.3 Å². The molecule has 1 aromatic carbocycles. The minimum absolute atomic E-state index is 0.194. The zero-order chi connectivity index (χ0) is 25.4. The molecule has 37 heavy (non-hydrogen) atoms. The number of carbonyl (C=O) groups is 1. The monoisotopic (exact) mass is 497 g/mol.